The second-order valence-corrected chi connectivity index (χ2v) is 5.43. The van der Waals surface area contributed by atoms with Gasteiger partial charge >= 0.3 is 10.1 Å². The van der Waals surface area contributed by atoms with Crippen LogP contribution >= 0.6 is 0 Å². The number of rotatable bonds is 4. The predicted molar refractivity (Wildman–Crippen MR) is 66.4 cm³/mol. The first kappa shape index (κ1) is 13.5. The van der Waals surface area contributed by atoms with Gasteiger partial charge in [-0.2, -0.15) is 18.2 Å². The lowest BCUT2D eigenvalue weighted by Crippen LogP contribution is -2.14. The summed E-state index contributed by atoms with van der Waals surface area (Å²) in [4.78, 5) is 4.21. The van der Waals surface area contributed by atoms with Gasteiger partial charge in [0.15, 0.2) is 5.82 Å². The highest BCUT2D eigenvalue weighted by Crippen LogP contribution is 2.22. The molecule has 0 spiro atoms. The van der Waals surface area contributed by atoms with E-state index in [0.717, 1.165) is 5.69 Å². The summed E-state index contributed by atoms with van der Waals surface area (Å²) < 4.78 is 40.7. The summed E-state index contributed by atoms with van der Waals surface area (Å²) in [5.74, 6) is 0.341. The Bertz CT molecular complexity index is 697. The second kappa shape index (κ2) is 4.96. The lowest BCUT2D eigenvalue weighted by Gasteiger charge is -2.08. The molecule has 0 saturated heterocycles. The highest BCUT2D eigenvalue weighted by atomic mass is 32.2. The van der Waals surface area contributed by atoms with Crippen LogP contribution in [0.3, 0.4) is 0 Å². The quantitative estimate of drug-likeness (QED) is 0.796. The fraction of sp³-hybridized carbons (Fsp3) is 0.273. The predicted octanol–water partition coefficient (Wildman–Crippen LogP) is 1.52. The van der Waals surface area contributed by atoms with Gasteiger partial charge < -0.3 is 4.18 Å². The first-order valence-corrected chi connectivity index (χ1v) is 6.97. The van der Waals surface area contributed by atoms with E-state index in [4.69, 9.17) is 4.18 Å². The van der Waals surface area contributed by atoms with Gasteiger partial charge in [-0.1, -0.05) is 6.07 Å². The molecule has 0 unspecified atom stereocenters. The molecule has 0 aromatic carbocycles. The summed E-state index contributed by atoms with van der Waals surface area (Å²) >= 11 is 0. The maximum absolute atomic E-state index is 12.3. The van der Waals surface area contributed by atoms with Crippen LogP contribution in [-0.4, -0.2) is 29.2 Å². The molecule has 0 bridgehead atoms. The van der Waals surface area contributed by atoms with Crippen LogP contribution in [0.5, 0.6) is 5.88 Å². The van der Waals surface area contributed by atoms with Crippen molar-refractivity contribution in [3.8, 4) is 11.7 Å². The van der Waals surface area contributed by atoms with Crippen molar-refractivity contribution in [2.45, 2.75) is 13.8 Å². The first-order valence-electron chi connectivity index (χ1n) is 5.40. The number of alkyl halides is 1. The van der Waals surface area contributed by atoms with Gasteiger partial charge in [0.1, 0.15) is 0 Å². The minimum Gasteiger partial charge on any atom is -0.359 e. The van der Waals surface area contributed by atoms with Gasteiger partial charge in [-0.25, -0.2) is 9.37 Å². The molecule has 102 valence electrons. The van der Waals surface area contributed by atoms with E-state index in [2.05, 4.69) is 10.1 Å². The first-order chi connectivity index (χ1) is 8.93. The Hall–Kier alpha value is -1.96. The Morgan fingerprint density at radius 2 is 2.11 bits per heavy atom. The van der Waals surface area contributed by atoms with E-state index in [1.165, 1.54) is 10.9 Å². The van der Waals surface area contributed by atoms with Crippen LogP contribution in [0.25, 0.3) is 5.82 Å². The van der Waals surface area contributed by atoms with Crippen molar-refractivity contribution in [3.05, 3.63) is 35.7 Å². The molecular weight excluding hydrogens is 273 g/mol. The smallest absolute Gasteiger partial charge is 0.340 e. The Kier molecular flexibility index (Phi) is 3.52. The molecule has 6 nitrogen and oxygen atoms in total. The maximum atomic E-state index is 12.3. The van der Waals surface area contributed by atoms with Crippen molar-refractivity contribution in [1.29, 1.82) is 0 Å². The van der Waals surface area contributed by atoms with E-state index in [0.29, 0.717) is 11.4 Å². The van der Waals surface area contributed by atoms with E-state index in [-0.39, 0.29) is 5.88 Å². The van der Waals surface area contributed by atoms with Crippen molar-refractivity contribution >= 4 is 10.1 Å². The van der Waals surface area contributed by atoms with Crippen LogP contribution in [0.1, 0.15) is 11.3 Å². The summed E-state index contributed by atoms with van der Waals surface area (Å²) in [5.41, 5.74) is 1.21. The standard InChI is InChI=1S/C11H12FN3O3S/c1-8-6-13-15(10-5-3-4-9(2)14-10)11(8)18-19(16,17)7-12/h3-6H,7H2,1-2H3. The highest BCUT2D eigenvalue weighted by molar-refractivity contribution is 7.86. The zero-order chi connectivity index (χ0) is 14.0. The van der Waals surface area contributed by atoms with E-state index in [1.54, 1.807) is 32.0 Å². The number of hydrogen-bond donors (Lipinski definition) is 0. The van der Waals surface area contributed by atoms with Gasteiger partial charge in [0.25, 0.3) is 0 Å². The van der Waals surface area contributed by atoms with E-state index in [9.17, 15) is 12.8 Å². The second-order valence-electron chi connectivity index (χ2n) is 3.93. The van der Waals surface area contributed by atoms with Crippen LogP contribution < -0.4 is 4.18 Å². The fourth-order valence-corrected chi connectivity index (χ4v) is 1.96. The minimum atomic E-state index is -4.26. The molecule has 0 amide bonds. The van der Waals surface area contributed by atoms with Crippen molar-refractivity contribution in [3.63, 3.8) is 0 Å². The fourth-order valence-electron chi connectivity index (χ4n) is 1.47. The molecule has 0 N–H and O–H groups in total. The third-order valence-corrected chi connectivity index (χ3v) is 3.01. The van der Waals surface area contributed by atoms with Gasteiger partial charge in [0.05, 0.1) is 6.20 Å². The summed E-state index contributed by atoms with van der Waals surface area (Å²) in [7, 11) is -4.26. The van der Waals surface area contributed by atoms with Gasteiger partial charge in [-0.05, 0) is 26.0 Å². The van der Waals surface area contributed by atoms with Gasteiger partial charge in [-0.3, -0.25) is 0 Å². The number of hydrogen-bond acceptors (Lipinski definition) is 5. The van der Waals surface area contributed by atoms with Crippen molar-refractivity contribution < 1.29 is 17.0 Å². The van der Waals surface area contributed by atoms with Crippen LogP contribution in [0.2, 0.25) is 0 Å². The normalized spacial score (nSPS) is 11.5. The van der Waals surface area contributed by atoms with Crippen molar-refractivity contribution in [2.75, 3.05) is 6.01 Å². The summed E-state index contributed by atoms with van der Waals surface area (Å²) in [6.07, 6.45) is 1.42. The molecule has 0 aliphatic rings. The van der Waals surface area contributed by atoms with Crippen LogP contribution in [0.4, 0.5) is 4.39 Å². The minimum absolute atomic E-state index is 0.0595. The van der Waals surface area contributed by atoms with Crippen LogP contribution in [0.15, 0.2) is 24.4 Å². The third kappa shape index (κ3) is 2.90. The largest absolute Gasteiger partial charge is 0.359 e. The molecule has 0 fully saturated rings. The Balaban J connectivity index is 2.49. The molecule has 0 atom stereocenters. The monoisotopic (exact) mass is 285 g/mol. The van der Waals surface area contributed by atoms with Crippen LogP contribution in [0, 0.1) is 13.8 Å². The molecule has 2 rings (SSSR count). The van der Waals surface area contributed by atoms with Gasteiger partial charge in [-0.15, -0.1) is 0 Å². The number of halogens is 1. The van der Waals surface area contributed by atoms with Gasteiger partial charge in [0.2, 0.25) is 11.9 Å². The number of aromatic nitrogens is 3. The summed E-state index contributed by atoms with van der Waals surface area (Å²) in [5, 5.41) is 3.99. The molecule has 2 heterocycles. The Labute approximate surface area is 110 Å². The van der Waals surface area contributed by atoms with Crippen molar-refractivity contribution in [1.82, 2.24) is 14.8 Å². The Morgan fingerprint density at radius 3 is 2.74 bits per heavy atom. The lowest BCUT2D eigenvalue weighted by molar-refractivity contribution is 0.434. The lowest BCUT2D eigenvalue weighted by atomic mass is 10.3. The molecule has 2 aromatic rings. The van der Waals surface area contributed by atoms with Gasteiger partial charge in [0, 0.05) is 11.3 Å². The average molecular weight is 285 g/mol. The number of pyridine rings is 1. The zero-order valence-electron chi connectivity index (χ0n) is 10.4. The zero-order valence-corrected chi connectivity index (χ0v) is 11.2. The topological polar surface area (TPSA) is 74.1 Å². The molecular formula is C11H12FN3O3S. The third-order valence-electron chi connectivity index (χ3n) is 2.33. The average Bonchev–Trinajstić information content (AvgIpc) is 2.71. The van der Waals surface area contributed by atoms with Crippen LogP contribution in [-0.2, 0) is 10.1 Å². The summed E-state index contributed by atoms with van der Waals surface area (Å²) in [6, 6.07) is 3.59. The molecule has 19 heavy (non-hydrogen) atoms. The van der Waals surface area contributed by atoms with Crippen molar-refractivity contribution in [2.24, 2.45) is 0 Å². The molecule has 0 radical (unpaired) electrons. The molecule has 0 aliphatic heterocycles. The summed E-state index contributed by atoms with van der Waals surface area (Å²) in [6.45, 7) is 3.40. The van der Waals surface area contributed by atoms with E-state index < -0.39 is 16.1 Å². The SMILES string of the molecule is Cc1cccc(-n2ncc(C)c2OS(=O)(=O)CF)n1. The number of aryl methyl sites for hydroxylation is 2. The van der Waals surface area contributed by atoms with E-state index >= 15 is 0 Å². The molecule has 2 aromatic heterocycles. The maximum Gasteiger partial charge on any atom is 0.340 e. The molecule has 0 aliphatic carbocycles. The number of nitrogens with zero attached hydrogens (tertiary/aromatic N) is 3. The Morgan fingerprint density at radius 1 is 1.37 bits per heavy atom. The molecule has 0 saturated carbocycles. The van der Waals surface area contributed by atoms with E-state index in [1.807, 2.05) is 0 Å². The molecule has 8 heteroatoms. The highest BCUT2D eigenvalue weighted by Gasteiger charge is 2.19.